The molecule has 0 bridgehead atoms. The molecule has 0 atom stereocenters. The highest BCUT2D eigenvalue weighted by atomic mass is 16.4. The highest BCUT2D eigenvalue weighted by molar-refractivity contribution is 5.83. The van der Waals surface area contributed by atoms with Crippen molar-refractivity contribution in [3.8, 4) is 0 Å². The Balaban J connectivity index is 2.80. The maximum absolute atomic E-state index is 11.0. The van der Waals surface area contributed by atoms with Crippen LogP contribution in [-0.2, 0) is 0 Å². The number of carbonyl (C=O) groups is 1. The normalized spacial score (nSPS) is 11.1. The van der Waals surface area contributed by atoms with Crippen molar-refractivity contribution in [1.29, 1.82) is 0 Å². The van der Waals surface area contributed by atoms with Gasteiger partial charge in [-0.1, -0.05) is 12.1 Å². The van der Waals surface area contributed by atoms with Crippen LogP contribution in [0.2, 0.25) is 0 Å². The van der Waals surface area contributed by atoms with Crippen LogP contribution < -0.4 is 4.57 Å². The summed E-state index contributed by atoms with van der Waals surface area (Å²) in [5.41, 5.74) is 1.41. The van der Waals surface area contributed by atoms with E-state index in [4.69, 9.17) is 9.52 Å². The van der Waals surface area contributed by atoms with Crippen LogP contribution in [-0.4, -0.2) is 11.1 Å². The van der Waals surface area contributed by atoms with Crippen molar-refractivity contribution in [2.75, 3.05) is 0 Å². The zero-order chi connectivity index (χ0) is 11.0. The molecule has 0 spiro atoms. The van der Waals surface area contributed by atoms with Crippen LogP contribution in [0.25, 0.3) is 11.1 Å². The van der Waals surface area contributed by atoms with E-state index in [2.05, 4.69) is 0 Å². The van der Waals surface area contributed by atoms with Gasteiger partial charge in [0.05, 0.1) is 0 Å². The van der Waals surface area contributed by atoms with Crippen molar-refractivity contribution < 1.29 is 18.9 Å². The molecule has 0 aliphatic rings. The molecule has 0 amide bonds. The Labute approximate surface area is 86.8 Å². The van der Waals surface area contributed by atoms with Crippen molar-refractivity contribution in [1.82, 2.24) is 0 Å². The maximum Gasteiger partial charge on any atom is 0.462 e. The Morgan fingerprint density at radius 1 is 1.40 bits per heavy atom. The average molecular weight is 206 g/mol. The van der Waals surface area contributed by atoms with Gasteiger partial charge < -0.3 is 9.52 Å². The zero-order valence-corrected chi connectivity index (χ0v) is 8.60. The number of hydrogen-bond donors (Lipinski definition) is 1. The number of hydrogen-bond acceptors (Lipinski definition) is 2. The third-order valence-electron chi connectivity index (χ3n) is 2.25. The minimum Gasteiger partial charge on any atom is -0.471 e. The molecular formula is C11H12NO3+. The first-order valence-corrected chi connectivity index (χ1v) is 4.77. The van der Waals surface area contributed by atoms with E-state index in [0.717, 1.165) is 5.52 Å². The number of oxazole rings is 1. The first-order valence-electron chi connectivity index (χ1n) is 4.77. The van der Waals surface area contributed by atoms with Gasteiger partial charge in [-0.3, -0.25) is 0 Å². The second kappa shape index (κ2) is 3.38. The number of benzene rings is 1. The quantitative estimate of drug-likeness (QED) is 0.764. The Bertz CT molecular complexity index is 514. The first kappa shape index (κ1) is 9.71. The molecule has 4 nitrogen and oxygen atoms in total. The summed E-state index contributed by atoms with van der Waals surface area (Å²) in [6.45, 7) is 3.85. The standard InChI is InChI=1S/C11H11NO3/c1-7(2)12-8-5-3-4-6-9(8)15-10(12)11(13)14/h3-7H,1-2H3/p+1. The lowest BCUT2D eigenvalue weighted by Crippen LogP contribution is -2.40. The van der Waals surface area contributed by atoms with Crippen molar-refractivity contribution in [3.05, 3.63) is 30.2 Å². The topological polar surface area (TPSA) is 54.3 Å². The van der Waals surface area contributed by atoms with Crippen LogP contribution in [0.1, 0.15) is 30.6 Å². The van der Waals surface area contributed by atoms with Crippen molar-refractivity contribution in [2.24, 2.45) is 0 Å². The summed E-state index contributed by atoms with van der Waals surface area (Å²) in [4.78, 5) is 11.0. The molecule has 0 fully saturated rings. The Morgan fingerprint density at radius 2 is 2.07 bits per heavy atom. The molecule has 0 aliphatic heterocycles. The number of aromatic nitrogens is 1. The van der Waals surface area contributed by atoms with Crippen LogP contribution in [0.4, 0.5) is 0 Å². The molecule has 2 aromatic rings. The van der Waals surface area contributed by atoms with E-state index in [1.807, 2.05) is 32.0 Å². The van der Waals surface area contributed by atoms with Gasteiger partial charge in [0.15, 0.2) is 6.04 Å². The van der Waals surface area contributed by atoms with Gasteiger partial charge in [-0.15, -0.1) is 4.57 Å². The number of fused-ring (bicyclic) bond motifs is 1. The maximum atomic E-state index is 11.0. The summed E-state index contributed by atoms with van der Waals surface area (Å²) in [7, 11) is 0. The second-order valence-electron chi connectivity index (χ2n) is 3.64. The molecule has 0 saturated carbocycles. The van der Waals surface area contributed by atoms with Crippen LogP contribution in [0.3, 0.4) is 0 Å². The number of carboxylic acid groups (broad SMARTS) is 1. The summed E-state index contributed by atoms with van der Waals surface area (Å²) in [5.74, 6) is -1.06. The van der Waals surface area contributed by atoms with E-state index in [1.54, 1.807) is 10.6 Å². The summed E-state index contributed by atoms with van der Waals surface area (Å²) in [6.07, 6.45) is 0. The minimum absolute atomic E-state index is 0.0220. The van der Waals surface area contributed by atoms with Crippen LogP contribution in [0.15, 0.2) is 28.7 Å². The molecule has 78 valence electrons. The number of carboxylic acids is 1. The van der Waals surface area contributed by atoms with Gasteiger partial charge in [0.25, 0.3) is 5.52 Å². The minimum atomic E-state index is -1.04. The highest BCUT2D eigenvalue weighted by Gasteiger charge is 2.30. The van der Waals surface area contributed by atoms with Gasteiger partial charge in [-0.05, 0) is 19.9 Å². The Hall–Kier alpha value is -1.84. The van der Waals surface area contributed by atoms with Gasteiger partial charge in [0.1, 0.15) is 0 Å². The molecule has 15 heavy (non-hydrogen) atoms. The number of rotatable bonds is 2. The lowest BCUT2D eigenvalue weighted by atomic mass is 10.3. The molecular weight excluding hydrogens is 194 g/mol. The van der Waals surface area contributed by atoms with E-state index in [-0.39, 0.29) is 11.9 Å². The molecule has 2 rings (SSSR count). The molecule has 1 N–H and O–H groups in total. The predicted molar refractivity (Wildman–Crippen MR) is 53.8 cm³/mol. The monoisotopic (exact) mass is 206 g/mol. The molecule has 0 radical (unpaired) electrons. The van der Waals surface area contributed by atoms with Crippen LogP contribution in [0, 0.1) is 0 Å². The number of para-hydroxylation sites is 2. The SMILES string of the molecule is CC(C)[n+]1c(C(=O)O)oc2ccccc21. The third-order valence-corrected chi connectivity index (χ3v) is 2.25. The van der Waals surface area contributed by atoms with E-state index in [9.17, 15) is 4.79 Å². The fourth-order valence-electron chi connectivity index (χ4n) is 1.66. The number of aromatic carboxylic acids is 1. The third kappa shape index (κ3) is 1.48. The molecule has 0 saturated heterocycles. The van der Waals surface area contributed by atoms with Gasteiger partial charge in [0.2, 0.25) is 5.58 Å². The van der Waals surface area contributed by atoms with E-state index < -0.39 is 5.97 Å². The lowest BCUT2D eigenvalue weighted by Gasteiger charge is -1.96. The van der Waals surface area contributed by atoms with Gasteiger partial charge in [-0.2, -0.15) is 0 Å². The first-order chi connectivity index (χ1) is 7.11. The van der Waals surface area contributed by atoms with E-state index in [0.29, 0.717) is 5.58 Å². The van der Waals surface area contributed by atoms with Gasteiger partial charge in [-0.25, -0.2) is 4.79 Å². The fourth-order valence-corrected chi connectivity index (χ4v) is 1.66. The molecule has 0 unspecified atom stereocenters. The Morgan fingerprint density at radius 3 is 2.67 bits per heavy atom. The summed E-state index contributed by atoms with van der Waals surface area (Å²) < 4.78 is 6.96. The predicted octanol–water partition coefficient (Wildman–Crippen LogP) is 2.00. The van der Waals surface area contributed by atoms with Crippen molar-refractivity contribution in [2.45, 2.75) is 19.9 Å². The largest absolute Gasteiger partial charge is 0.471 e. The van der Waals surface area contributed by atoms with Crippen molar-refractivity contribution >= 4 is 17.1 Å². The lowest BCUT2D eigenvalue weighted by molar-refractivity contribution is -0.698. The molecule has 0 aliphatic carbocycles. The van der Waals surface area contributed by atoms with Crippen LogP contribution >= 0.6 is 0 Å². The molecule has 1 aromatic heterocycles. The summed E-state index contributed by atoms with van der Waals surface area (Å²) >= 11 is 0. The summed E-state index contributed by atoms with van der Waals surface area (Å²) in [5, 5.41) is 9.00. The molecule has 4 heteroatoms. The zero-order valence-electron chi connectivity index (χ0n) is 8.60. The van der Waals surface area contributed by atoms with Gasteiger partial charge in [0, 0.05) is 6.07 Å². The Kier molecular flexibility index (Phi) is 2.19. The number of nitrogens with zero attached hydrogens (tertiary/aromatic N) is 1. The second-order valence-corrected chi connectivity index (χ2v) is 3.64. The van der Waals surface area contributed by atoms with Gasteiger partial charge >= 0.3 is 11.9 Å². The summed E-state index contributed by atoms with van der Waals surface area (Å²) in [6, 6.07) is 7.36. The molecule has 1 heterocycles. The highest BCUT2D eigenvalue weighted by Crippen LogP contribution is 2.15. The fraction of sp³-hybridized carbons (Fsp3) is 0.273. The average Bonchev–Trinajstić information content (AvgIpc) is 2.56. The molecule has 1 aromatic carbocycles. The van der Waals surface area contributed by atoms with E-state index >= 15 is 0 Å². The van der Waals surface area contributed by atoms with E-state index in [1.165, 1.54) is 0 Å². The smallest absolute Gasteiger partial charge is 0.462 e. The van der Waals surface area contributed by atoms with Crippen LogP contribution in [0.5, 0.6) is 0 Å². The van der Waals surface area contributed by atoms with Crippen molar-refractivity contribution in [3.63, 3.8) is 0 Å².